The van der Waals surface area contributed by atoms with Crippen LogP contribution in [0.25, 0.3) is 0 Å². The summed E-state index contributed by atoms with van der Waals surface area (Å²) in [5.41, 5.74) is 0. The molecule has 0 spiro atoms. The van der Waals surface area contributed by atoms with Crippen LogP contribution in [0.1, 0.15) is 39.5 Å². The maximum atomic E-state index is 12.4. The SMILES string of the molecule is CC(C)CNCC1CCN(S(=O)(=O)N2CCCC2)CC1. The summed E-state index contributed by atoms with van der Waals surface area (Å²) in [5, 5.41) is 3.48. The summed E-state index contributed by atoms with van der Waals surface area (Å²) in [6.07, 6.45) is 3.99. The van der Waals surface area contributed by atoms with Crippen LogP contribution in [-0.2, 0) is 10.2 Å². The van der Waals surface area contributed by atoms with Crippen molar-refractivity contribution in [3.05, 3.63) is 0 Å². The molecule has 2 aliphatic heterocycles. The van der Waals surface area contributed by atoms with Gasteiger partial charge in [-0.15, -0.1) is 0 Å². The average Bonchev–Trinajstić information content (AvgIpc) is 2.93. The lowest BCUT2D eigenvalue weighted by Gasteiger charge is -2.33. The number of hydrogen-bond acceptors (Lipinski definition) is 3. The Morgan fingerprint density at radius 3 is 2.15 bits per heavy atom. The van der Waals surface area contributed by atoms with E-state index in [0.717, 1.165) is 38.8 Å². The molecular formula is C14H29N3O2S. The van der Waals surface area contributed by atoms with Crippen molar-refractivity contribution >= 4 is 10.2 Å². The van der Waals surface area contributed by atoms with Gasteiger partial charge in [-0.3, -0.25) is 0 Å². The van der Waals surface area contributed by atoms with Gasteiger partial charge in [-0.05, 0) is 50.6 Å². The monoisotopic (exact) mass is 303 g/mol. The second kappa shape index (κ2) is 7.20. The fraction of sp³-hybridized carbons (Fsp3) is 1.00. The molecule has 0 aromatic heterocycles. The maximum Gasteiger partial charge on any atom is 0.281 e. The Morgan fingerprint density at radius 2 is 1.60 bits per heavy atom. The molecular weight excluding hydrogens is 274 g/mol. The van der Waals surface area contributed by atoms with Crippen LogP contribution in [0.2, 0.25) is 0 Å². The lowest BCUT2D eigenvalue weighted by Crippen LogP contribution is -2.47. The molecule has 2 saturated heterocycles. The molecule has 118 valence electrons. The van der Waals surface area contributed by atoms with Crippen LogP contribution in [0.5, 0.6) is 0 Å². The van der Waals surface area contributed by atoms with Crippen molar-refractivity contribution in [2.24, 2.45) is 11.8 Å². The van der Waals surface area contributed by atoms with Crippen molar-refractivity contribution in [3.63, 3.8) is 0 Å². The molecule has 2 aliphatic rings. The second-order valence-corrected chi connectivity index (χ2v) is 8.44. The highest BCUT2D eigenvalue weighted by Gasteiger charge is 2.33. The minimum atomic E-state index is -3.17. The molecule has 0 bridgehead atoms. The van der Waals surface area contributed by atoms with Crippen LogP contribution >= 0.6 is 0 Å². The summed E-state index contributed by atoms with van der Waals surface area (Å²) in [5.74, 6) is 1.30. The number of hydrogen-bond donors (Lipinski definition) is 1. The zero-order valence-electron chi connectivity index (χ0n) is 12.8. The van der Waals surface area contributed by atoms with Gasteiger partial charge in [-0.2, -0.15) is 17.0 Å². The molecule has 0 aromatic rings. The van der Waals surface area contributed by atoms with Gasteiger partial charge in [-0.1, -0.05) is 13.8 Å². The molecule has 2 rings (SSSR count). The summed E-state index contributed by atoms with van der Waals surface area (Å²) < 4.78 is 28.2. The number of nitrogens with zero attached hydrogens (tertiary/aromatic N) is 2. The van der Waals surface area contributed by atoms with Gasteiger partial charge in [-0.25, -0.2) is 0 Å². The highest BCUT2D eigenvalue weighted by Crippen LogP contribution is 2.23. The molecule has 0 aromatic carbocycles. The van der Waals surface area contributed by atoms with E-state index >= 15 is 0 Å². The second-order valence-electron chi connectivity index (χ2n) is 6.51. The van der Waals surface area contributed by atoms with Crippen molar-refractivity contribution < 1.29 is 8.42 Å². The Kier molecular flexibility index (Phi) is 5.84. The Hall–Kier alpha value is -0.170. The molecule has 0 radical (unpaired) electrons. The van der Waals surface area contributed by atoms with E-state index in [1.165, 1.54) is 0 Å². The Bertz CT molecular complexity index is 383. The van der Waals surface area contributed by atoms with Gasteiger partial charge >= 0.3 is 0 Å². The third-order valence-corrected chi connectivity index (χ3v) is 6.31. The smallest absolute Gasteiger partial charge is 0.281 e. The topological polar surface area (TPSA) is 52.7 Å². The average molecular weight is 303 g/mol. The van der Waals surface area contributed by atoms with Gasteiger partial charge in [0.25, 0.3) is 10.2 Å². The van der Waals surface area contributed by atoms with Crippen LogP contribution in [0.4, 0.5) is 0 Å². The van der Waals surface area contributed by atoms with Gasteiger partial charge in [0, 0.05) is 26.2 Å². The van der Waals surface area contributed by atoms with E-state index in [2.05, 4.69) is 19.2 Å². The van der Waals surface area contributed by atoms with Crippen molar-refractivity contribution in [1.29, 1.82) is 0 Å². The van der Waals surface area contributed by atoms with E-state index in [9.17, 15) is 8.42 Å². The molecule has 20 heavy (non-hydrogen) atoms. The largest absolute Gasteiger partial charge is 0.316 e. The molecule has 0 atom stereocenters. The summed E-state index contributed by atoms with van der Waals surface area (Å²) in [6, 6.07) is 0. The van der Waals surface area contributed by atoms with E-state index in [0.29, 0.717) is 38.0 Å². The van der Waals surface area contributed by atoms with Gasteiger partial charge in [0.15, 0.2) is 0 Å². The minimum Gasteiger partial charge on any atom is -0.316 e. The molecule has 2 heterocycles. The van der Waals surface area contributed by atoms with E-state index in [-0.39, 0.29) is 0 Å². The summed E-state index contributed by atoms with van der Waals surface area (Å²) >= 11 is 0. The molecule has 0 amide bonds. The van der Waals surface area contributed by atoms with E-state index in [4.69, 9.17) is 0 Å². The molecule has 0 aliphatic carbocycles. The zero-order chi connectivity index (χ0) is 14.6. The van der Waals surface area contributed by atoms with Crippen LogP contribution in [-0.4, -0.2) is 56.3 Å². The molecule has 6 heteroatoms. The van der Waals surface area contributed by atoms with Crippen LogP contribution in [0.15, 0.2) is 0 Å². The minimum absolute atomic E-state index is 0.624. The molecule has 5 nitrogen and oxygen atoms in total. The first-order valence-corrected chi connectivity index (χ1v) is 9.36. The Morgan fingerprint density at radius 1 is 1.05 bits per heavy atom. The lowest BCUT2D eigenvalue weighted by molar-refractivity contribution is 0.252. The van der Waals surface area contributed by atoms with E-state index < -0.39 is 10.2 Å². The van der Waals surface area contributed by atoms with Crippen molar-refractivity contribution in [1.82, 2.24) is 13.9 Å². The van der Waals surface area contributed by atoms with Gasteiger partial charge in [0.2, 0.25) is 0 Å². The van der Waals surface area contributed by atoms with Gasteiger partial charge in [0.1, 0.15) is 0 Å². The first-order valence-electron chi connectivity index (χ1n) is 7.96. The molecule has 0 saturated carbocycles. The fourth-order valence-corrected chi connectivity index (χ4v) is 4.72. The third kappa shape index (κ3) is 4.16. The predicted octanol–water partition coefficient (Wildman–Crippen LogP) is 1.28. The van der Waals surface area contributed by atoms with Crippen molar-refractivity contribution in [3.8, 4) is 0 Å². The number of nitrogens with one attached hydrogen (secondary N) is 1. The molecule has 2 fully saturated rings. The summed E-state index contributed by atoms with van der Waals surface area (Å²) in [7, 11) is -3.17. The van der Waals surface area contributed by atoms with Crippen LogP contribution in [0, 0.1) is 11.8 Å². The normalized spacial score (nSPS) is 23.8. The van der Waals surface area contributed by atoms with E-state index in [1.54, 1.807) is 8.61 Å². The highest BCUT2D eigenvalue weighted by atomic mass is 32.2. The third-order valence-electron chi connectivity index (χ3n) is 4.28. The van der Waals surface area contributed by atoms with Gasteiger partial charge in [0.05, 0.1) is 0 Å². The standard InChI is InChI=1S/C14H29N3O2S/c1-13(2)11-15-12-14-5-9-17(10-6-14)20(18,19)16-7-3-4-8-16/h13-15H,3-12H2,1-2H3. The molecule has 0 unspecified atom stereocenters. The number of rotatable bonds is 6. The first-order chi connectivity index (χ1) is 9.50. The highest BCUT2D eigenvalue weighted by molar-refractivity contribution is 7.86. The zero-order valence-corrected chi connectivity index (χ0v) is 13.7. The lowest BCUT2D eigenvalue weighted by atomic mass is 9.98. The van der Waals surface area contributed by atoms with Crippen LogP contribution in [0.3, 0.4) is 0 Å². The first kappa shape index (κ1) is 16.2. The Balaban J connectivity index is 1.76. The quantitative estimate of drug-likeness (QED) is 0.804. The summed E-state index contributed by atoms with van der Waals surface area (Å²) in [4.78, 5) is 0. The molecule has 1 N–H and O–H groups in total. The van der Waals surface area contributed by atoms with Crippen LogP contribution < -0.4 is 5.32 Å². The van der Waals surface area contributed by atoms with Crippen molar-refractivity contribution in [2.75, 3.05) is 39.3 Å². The fourth-order valence-electron chi connectivity index (χ4n) is 3.00. The predicted molar refractivity (Wildman–Crippen MR) is 81.7 cm³/mol. The van der Waals surface area contributed by atoms with Crippen molar-refractivity contribution in [2.45, 2.75) is 39.5 Å². The summed E-state index contributed by atoms with van der Waals surface area (Å²) in [6.45, 7) is 9.27. The number of piperidine rings is 1. The maximum absolute atomic E-state index is 12.4. The van der Waals surface area contributed by atoms with E-state index in [1.807, 2.05) is 0 Å². The Labute approximate surface area is 123 Å². The van der Waals surface area contributed by atoms with Gasteiger partial charge < -0.3 is 5.32 Å².